The average Bonchev–Trinajstić information content (AvgIpc) is 2.16. The number of hydrogen-bond acceptors (Lipinski definition) is 4. The fourth-order valence-corrected chi connectivity index (χ4v) is 1.59. The van der Waals surface area contributed by atoms with Crippen molar-refractivity contribution in [1.29, 1.82) is 0 Å². The van der Waals surface area contributed by atoms with Crippen LogP contribution in [0.4, 0.5) is 13.2 Å². The van der Waals surface area contributed by atoms with Gasteiger partial charge < -0.3 is 9.15 Å². The van der Waals surface area contributed by atoms with Gasteiger partial charge in [-0.3, -0.25) is 0 Å². The lowest BCUT2D eigenvalue weighted by Crippen LogP contribution is -2.24. The fourth-order valence-electron chi connectivity index (χ4n) is 1.25. The Morgan fingerprint density at radius 2 is 1.94 bits per heavy atom. The van der Waals surface area contributed by atoms with Crippen molar-refractivity contribution < 1.29 is 22.7 Å². The van der Waals surface area contributed by atoms with Crippen LogP contribution >= 0.6 is 0 Å². The molecule has 0 saturated carbocycles. The molecule has 0 radical (unpaired) electrons. The Morgan fingerprint density at radius 3 is 2.29 bits per heavy atom. The van der Waals surface area contributed by atoms with Crippen molar-refractivity contribution in [2.24, 2.45) is 5.10 Å². The first-order valence-electron chi connectivity index (χ1n) is 4.92. The van der Waals surface area contributed by atoms with Gasteiger partial charge in [0, 0.05) is 5.57 Å². The van der Waals surface area contributed by atoms with Gasteiger partial charge in [0.1, 0.15) is 0 Å². The molecular weight excluding hydrogens is 252 g/mol. The third-order valence-corrected chi connectivity index (χ3v) is 2.11. The quantitative estimate of drug-likeness (QED) is 0.271. The van der Waals surface area contributed by atoms with Crippen molar-refractivity contribution in [2.45, 2.75) is 26.9 Å². The summed E-state index contributed by atoms with van der Waals surface area (Å²) in [5.41, 5.74) is -1.82. The molecular formula is C9H14AlF3N2O2. The second-order valence-corrected chi connectivity index (χ2v) is 3.59. The van der Waals surface area contributed by atoms with E-state index in [1.54, 1.807) is 0 Å². The molecule has 8 heteroatoms. The third kappa shape index (κ3) is 4.79. The summed E-state index contributed by atoms with van der Waals surface area (Å²) >= 11 is 0.420. The lowest BCUT2D eigenvalue weighted by molar-refractivity contribution is -0.139. The summed E-state index contributed by atoms with van der Waals surface area (Å²) in [5, 5.41) is 3.50. The van der Waals surface area contributed by atoms with E-state index in [1.165, 1.54) is 13.8 Å². The Kier molecular flexibility index (Phi) is 6.28. The molecule has 0 heterocycles. The molecule has 96 valence electrons. The SMILES string of the molecule is CCOC(=O)/C(C)=C(\C(C)=N\[NH][AlH2])C(F)(F)F. The number of rotatable bonds is 4. The van der Waals surface area contributed by atoms with Crippen LogP contribution in [0.5, 0.6) is 0 Å². The molecule has 0 aliphatic heterocycles. The van der Waals surface area contributed by atoms with Crippen LogP contribution in [0.15, 0.2) is 16.2 Å². The van der Waals surface area contributed by atoms with Crippen molar-refractivity contribution in [2.75, 3.05) is 6.61 Å². The largest absolute Gasteiger partial charge is 0.463 e. The van der Waals surface area contributed by atoms with Crippen molar-refractivity contribution >= 4 is 28.2 Å². The molecule has 0 amide bonds. The number of carbonyl (C=O) groups is 1. The highest BCUT2D eigenvalue weighted by Crippen LogP contribution is 2.29. The Bertz CT molecular complexity index is 351. The highest BCUT2D eigenvalue weighted by Gasteiger charge is 2.39. The van der Waals surface area contributed by atoms with Crippen LogP contribution in [0.2, 0.25) is 0 Å². The number of allylic oxidation sites excluding steroid dienone is 1. The molecule has 4 nitrogen and oxygen atoms in total. The van der Waals surface area contributed by atoms with Gasteiger partial charge in [-0.05, 0) is 20.8 Å². The highest BCUT2D eigenvalue weighted by atomic mass is 27.1. The summed E-state index contributed by atoms with van der Waals surface area (Å²) in [5.74, 6) is -0.984. The first-order chi connectivity index (χ1) is 7.75. The van der Waals surface area contributed by atoms with Crippen molar-refractivity contribution in [3.8, 4) is 0 Å². The predicted octanol–water partition coefficient (Wildman–Crippen LogP) is 0.942. The first-order valence-corrected chi connectivity index (χ1v) is 5.92. The van der Waals surface area contributed by atoms with E-state index in [0.29, 0.717) is 16.5 Å². The summed E-state index contributed by atoms with van der Waals surface area (Å²) < 4.78 is 45.3. The maximum Gasteiger partial charge on any atom is 0.418 e. The lowest BCUT2D eigenvalue weighted by atomic mass is 10.1. The van der Waals surface area contributed by atoms with Gasteiger partial charge in [0.2, 0.25) is 0 Å². The molecule has 0 rings (SSSR count). The molecule has 0 unspecified atom stereocenters. The average molecular weight is 266 g/mol. The molecule has 0 fully saturated rings. The van der Waals surface area contributed by atoms with Gasteiger partial charge in [0.25, 0.3) is 0 Å². The maximum atomic E-state index is 12.8. The number of halogens is 3. The van der Waals surface area contributed by atoms with Gasteiger partial charge in [-0.15, -0.1) is 0 Å². The summed E-state index contributed by atoms with van der Waals surface area (Å²) in [6, 6.07) is 0. The first kappa shape index (κ1) is 16.0. The molecule has 0 aliphatic carbocycles. The minimum absolute atomic E-state index is 0.0242. The normalized spacial score (nSPS) is 14.1. The molecule has 1 N–H and O–H groups in total. The number of esters is 1. The van der Waals surface area contributed by atoms with E-state index in [-0.39, 0.29) is 12.3 Å². The molecule has 0 saturated heterocycles. The number of hydrogen-bond donors (Lipinski definition) is 1. The number of alkyl halides is 3. The monoisotopic (exact) mass is 266 g/mol. The number of nitrogens with one attached hydrogen (secondary N) is 1. The number of ether oxygens (including phenoxy) is 1. The van der Waals surface area contributed by atoms with Gasteiger partial charge in [0.05, 0.1) is 17.9 Å². The van der Waals surface area contributed by atoms with Gasteiger partial charge in [0.15, 0.2) is 0 Å². The molecule has 0 aromatic rings. The fraction of sp³-hybridized carbons (Fsp3) is 0.556. The second kappa shape index (κ2) is 6.67. The summed E-state index contributed by atoms with van der Waals surface area (Å²) in [6.45, 7) is 3.82. The van der Waals surface area contributed by atoms with Gasteiger partial charge >= 0.3 is 28.7 Å². The van der Waals surface area contributed by atoms with Crippen LogP contribution in [0.25, 0.3) is 0 Å². The van der Waals surface area contributed by atoms with Gasteiger partial charge in [-0.25, -0.2) is 9.90 Å². The Balaban J connectivity index is 5.53. The van der Waals surface area contributed by atoms with Crippen LogP contribution in [0, 0.1) is 0 Å². The molecule has 0 aromatic heterocycles. The zero-order valence-corrected chi connectivity index (χ0v) is 12.1. The molecule has 17 heavy (non-hydrogen) atoms. The van der Waals surface area contributed by atoms with E-state index in [1.807, 2.05) is 0 Å². The topological polar surface area (TPSA) is 50.7 Å². The van der Waals surface area contributed by atoms with Crippen LogP contribution < -0.4 is 4.41 Å². The van der Waals surface area contributed by atoms with E-state index >= 15 is 0 Å². The number of carbonyl (C=O) groups excluding carboxylic acids is 1. The number of hydrazone groups is 1. The molecule has 0 spiro atoms. The van der Waals surface area contributed by atoms with Crippen molar-refractivity contribution in [3.63, 3.8) is 0 Å². The molecule has 0 aliphatic rings. The van der Waals surface area contributed by atoms with E-state index in [4.69, 9.17) is 0 Å². The van der Waals surface area contributed by atoms with E-state index < -0.39 is 23.3 Å². The molecule has 0 aromatic carbocycles. The smallest absolute Gasteiger partial charge is 0.418 e. The van der Waals surface area contributed by atoms with Gasteiger partial charge in [-0.1, -0.05) is 0 Å². The molecule has 0 atom stereocenters. The van der Waals surface area contributed by atoms with Crippen molar-refractivity contribution in [3.05, 3.63) is 11.1 Å². The zero-order chi connectivity index (χ0) is 13.6. The summed E-state index contributed by atoms with van der Waals surface area (Å²) in [7, 11) is 0. The summed E-state index contributed by atoms with van der Waals surface area (Å²) in [4.78, 5) is 11.3. The Labute approximate surface area is 106 Å². The minimum atomic E-state index is -4.64. The Morgan fingerprint density at radius 1 is 1.41 bits per heavy atom. The predicted molar refractivity (Wildman–Crippen MR) is 60.2 cm³/mol. The minimum Gasteiger partial charge on any atom is -0.463 e. The molecule has 0 bridgehead atoms. The standard InChI is InChI=1S/C9H13F3N2O2.Al.2H/c1-4-16-8(15)5(2)7(6(3)14-13)9(10,11)12;;;/h4H2,1-3H3,(H2,13,15);;;/q;+1;;/p-1. The van der Waals surface area contributed by atoms with Crippen LogP contribution in [0.1, 0.15) is 20.8 Å². The maximum absolute atomic E-state index is 12.8. The Hall–Kier alpha value is -0.998. The lowest BCUT2D eigenvalue weighted by Gasteiger charge is -2.14. The van der Waals surface area contributed by atoms with E-state index in [2.05, 4.69) is 14.2 Å². The van der Waals surface area contributed by atoms with Crippen LogP contribution in [0.3, 0.4) is 0 Å². The third-order valence-electron chi connectivity index (χ3n) is 1.88. The second-order valence-electron chi connectivity index (χ2n) is 3.14. The van der Waals surface area contributed by atoms with E-state index in [0.717, 1.165) is 6.92 Å². The highest BCUT2D eigenvalue weighted by molar-refractivity contribution is 6.08. The zero-order valence-electron chi connectivity index (χ0n) is 10.1. The van der Waals surface area contributed by atoms with Crippen molar-refractivity contribution in [1.82, 2.24) is 4.41 Å². The van der Waals surface area contributed by atoms with Crippen LogP contribution in [-0.4, -0.2) is 41.0 Å². The summed E-state index contributed by atoms with van der Waals surface area (Å²) in [6.07, 6.45) is -4.64. The number of nitrogens with zero attached hydrogens (tertiary/aromatic N) is 1. The van der Waals surface area contributed by atoms with Crippen LogP contribution in [-0.2, 0) is 9.53 Å². The van der Waals surface area contributed by atoms with E-state index in [9.17, 15) is 18.0 Å². The van der Waals surface area contributed by atoms with Gasteiger partial charge in [-0.2, -0.15) is 13.2 Å².